The molecule has 0 fully saturated rings. The number of aliphatic hydroxyl groups is 2. The third-order valence-corrected chi connectivity index (χ3v) is 2.58. The summed E-state index contributed by atoms with van der Waals surface area (Å²) in [6, 6.07) is 4.75. The van der Waals surface area contributed by atoms with E-state index in [1.807, 2.05) is 0 Å². The van der Waals surface area contributed by atoms with Crippen LogP contribution in [0.1, 0.15) is 11.7 Å². The van der Waals surface area contributed by atoms with E-state index in [2.05, 4.69) is 0 Å². The van der Waals surface area contributed by atoms with Crippen LogP contribution in [0.5, 0.6) is 0 Å². The molecule has 78 valence electrons. The second-order valence-electron chi connectivity index (χ2n) is 2.72. The quantitative estimate of drug-likeness (QED) is 0.412. The Morgan fingerprint density at radius 2 is 1.73 bits per heavy atom. The van der Waals surface area contributed by atoms with E-state index < -0.39 is 22.8 Å². The number of hydrogen-bond donors (Lipinski definition) is 2. The monoisotopic (exact) mass is 224 g/mol. The second-order valence-corrected chi connectivity index (χ2v) is 4.10. The molecule has 0 saturated carbocycles. The Hall–Kier alpha value is -0.353. The van der Waals surface area contributed by atoms with E-state index in [4.69, 9.17) is 10.2 Å². The van der Waals surface area contributed by atoms with Gasteiger partial charge in [0.15, 0.2) is 0 Å². The predicted molar refractivity (Wildman–Crippen MR) is 46.5 cm³/mol. The summed E-state index contributed by atoms with van der Waals surface area (Å²) in [7, 11) is -4.45. The molecule has 1 aromatic rings. The molecule has 0 aliphatic rings. The van der Waals surface area contributed by atoms with Gasteiger partial charge in [-0.05, 0) is 17.7 Å². The normalized spacial score (nSPS) is 13.0. The van der Waals surface area contributed by atoms with E-state index in [1.54, 1.807) is 0 Å². The van der Waals surface area contributed by atoms with Gasteiger partial charge in [0.05, 0.1) is 11.5 Å². The summed E-state index contributed by atoms with van der Waals surface area (Å²) < 4.78 is 31.5. The van der Waals surface area contributed by atoms with E-state index in [1.165, 1.54) is 12.1 Å². The van der Waals surface area contributed by atoms with Gasteiger partial charge in [-0.15, -0.1) is 0 Å². The molecule has 1 atom stereocenters. The average Bonchev–Trinajstić information content (AvgIpc) is 2.15. The first-order valence-corrected chi connectivity index (χ1v) is 5.21. The number of hydrogen-bond acceptors (Lipinski definition) is 5. The SMILES string of the molecule is O=S(=O)([O-])c1ccc(C(O)CO)cc1.[Li+]. The Morgan fingerprint density at radius 1 is 1.27 bits per heavy atom. The Morgan fingerprint density at radius 3 is 2.07 bits per heavy atom. The van der Waals surface area contributed by atoms with Gasteiger partial charge in [-0.2, -0.15) is 0 Å². The van der Waals surface area contributed by atoms with Crippen LogP contribution in [0.25, 0.3) is 0 Å². The molecule has 0 spiro atoms. The summed E-state index contributed by atoms with van der Waals surface area (Å²) in [5.41, 5.74) is 0.361. The minimum Gasteiger partial charge on any atom is -0.744 e. The van der Waals surface area contributed by atoms with Crippen molar-refractivity contribution >= 4 is 10.1 Å². The number of benzene rings is 1. The van der Waals surface area contributed by atoms with Gasteiger partial charge in [0.2, 0.25) is 0 Å². The molecule has 0 heterocycles. The van der Waals surface area contributed by atoms with Gasteiger partial charge in [-0.25, -0.2) is 8.42 Å². The molecular weight excluding hydrogens is 215 g/mol. The summed E-state index contributed by atoms with van der Waals surface area (Å²) in [6.07, 6.45) is -1.06. The topological polar surface area (TPSA) is 97.7 Å². The molecule has 0 saturated heterocycles. The second kappa shape index (κ2) is 5.66. The van der Waals surface area contributed by atoms with Gasteiger partial charge >= 0.3 is 18.9 Å². The van der Waals surface area contributed by atoms with Gasteiger partial charge < -0.3 is 14.8 Å². The molecule has 15 heavy (non-hydrogen) atoms. The number of rotatable bonds is 3. The summed E-state index contributed by atoms with van der Waals surface area (Å²) in [4.78, 5) is -0.355. The fourth-order valence-corrected chi connectivity index (χ4v) is 1.43. The summed E-state index contributed by atoms with van der Waals surface area (Å²) in [5.74, 6) is 0. The zero-order valence-corrected chi connectivity index (χ0v) is 8.94. The van der Waals surface area contributed by atoms with Crippen LogP contribution in [0.2, 0.25) is 0 Å². The molecule has 1 unspecified atom stereocenters. The minimum absolute atomic E-state index is 0. The summed E-state index contributed by atoms with van der Waals surface area (Å²) >= 11 is 0. The van der Waals surface area contributed by atoms with Crippen LogP contribution in [-0.4, -0.2) is 29.8 Å². The van der Waals surface area contributed by atoms with Crippen molar-refractivity contribution in [1.82, 2.24) is 0 Å². The Kier molecular flexibility index (Phi) is 5.52. The van der Waals surface area contributed by atoms with Crippen molar-refractivity contribution in [3.63, 3.8) is 0 Å². The first kappa shape index (κ1) is 14.6. The molecule has 0 bridgehead atoms. The number of aliphatic hydroxyl groups excluding tert-OH is 2. The van der Waals surface area contributed by atoms with Crippen LogP contribution >= 0.6 is 0 Å². The minimum atomic E-state index is -4.45. The first-order chi connectivity index (χ1) is 6.45. The molecule has 1 aromatic carbocycles. The summed E-state index contributed by atoms with van der Waals surface area (Å²) in [6.45, 7) is -0.455. The fraction of sp³-hybridized carbons (Fsp3) is 0.250. The molecule has 0 amide bonds. The molecule has 2 N–H and O–H groups in total. The molecule has 1 rings (SSSR count). The van der Waals surface area contributed by atoms with Gasteiger partial charge in [0, 0.05) is 0 Å². The van der Waals surface area contributed by atoms with Crippen molar-refractivity contribution in [2.75, 3.05) is 6.61 Å². The van der Waals surface area contributed by atoms with Crippen LogP contribution in [0.15, 0.2) is 29.2 Å². The van der Waals surface area contributed by atoms with Crippen LogP contribution < -0.4 is 18.9 Å². The van der Waals surface area contributed by atoms with Crippen molar-refractivity contribution in [2.24, 2.45) is 0 Å². The molecular formula is C8H9LiO5S. The zero-order valence-electron chi connectivity index (χ0n) is 8.12. The largest absolute Gasteiger partial charge is 1.00 e. The van der Waals surface area contributed by atoms with Crippen LogP contribution in [0.3, 0.4) is 0 Å². The average molecular weight is 224 g/mol. The van der Waals surface area contributed by atoms with Gasteiger partial charge in [0.1, 0.15) is 16.2 Å². The van der Waals surface area contributed by atoms with Gasteiger partial charge in [0.25, 0.3) is 0 Å². The van der Waals surface area contributed by atoms with Crippen molar-refractivity contribution in [3.05, 3.63) is 29.8 Å². The molecule has 0 aromatic heterocycles. The van der Waals surface area contributed by atoms with Gasteiger partial charge in [-0.3, -0.25) is 0 Å². The first-order valence-electron chi connectivity index (χ1n) is 3.80. The molecule has 0 radical (unpaired) electrons. The zero-order chi connectivity index (χ0) is 10.8. The fourth-order valence-electron chi connectivity index (χ4n) is 0.962. The maximum Gasteiger partial charge on any atom is 1.00 e. The molecule has 7 heteroatoms. The van der Waals surface area contributed by atoms with E-state index in [9.17, 15) is 13.0 Å². The van der Waals surface area contributed by atoms with Crippen LogP contribution in [0.4, 0.5) is 0 Å². The third kappa shape index (κ3) is 3.95. The van der Waals surface area contributed by atoms with Crippen molar-refractivity contribution in [2.45, 2.75) is 11.0 Å². The third-order valence-electron chi connectivity index (χ3n) is 1.73. The smallest absolute Gasteiger partial charge is 0.744 e. The van der Waals surface area contributed by atoms with Crippen molar-refractivity contribution in [3.8, 4) is 0 Å². The van der Waals surface area contributed by atoms with Crippen LogP contribution in [0, 0.1) is 0 Å². The molecule has 5 nitrogen and oxygen atoms in total. The van der Waals surface area contributed by atoms with Crippen molar-refractivity contribution < 1.29 is 42.0 Å². The van der Waals surface area contributed by atoms with E-state index in [0.29, 0.717) is 5.56 Å². The maximum atomic E-state index is 10.5. The van der Waals surface area contributed by atoms with E-state index >= 15 is 0 Å². The van der Waals surface area contributed by atoms with Gasteiger partial charge in [-0.1, -0.05) is 12.1 Å². The standard InChI is InChI=1S/C8H10O5S.Li/c9-5-8(10)6-1-3-7(4-2-6)14(11,12)13;/h1-4,8-10H,5H2,(H,11,12,13);/q;+1/p-1. The maximum absolute atomic E-state index is 10.5. The molecule has 0 aliphatic carbocycles. The Balaban J connectivity index is 0.00000196. The van der Waals surface area contributed by atoms with Crippen LogP contribution in [-0.2, 0) is 10.1 Å². The van der Waals surface area contributed by atoms with Crippen molar-refractivity contribution in [1.29, 1.82) is 0 Å². The predicted octanol–water partition coefficient (Wildman–Crippen LogP) is -3.38. The summed E-state index contributed by atoms with van der Waals surface area (Å²) in [5, 5.41) is 17.7. The molecule has 0 aliphatic heterocycles. The Labute approximate surface area is 99.7 Å². The van der Waals surface area contributed by atoms with E-state index in [0.717, 1.165) is 12.1 Å². The Bertz CT molecular complexity index is 400. The van der Waals surface area contributed by atoms with E-state index in [-0.39, 0.29) is 23.8 Å².